The molecular weight excluding hydrogens is 308 g/mol. The van der Waals surface area contributed by atoms with E-state index in [1.54, 1.807) is 6.20 Å². The Labute approximate surface area is 140 Å². The SMILES string of the molecule is O=C(c1ccc(-c2cnco2)cc1)N1CCCC(C2OCCO2)C1. The first-order valence-corrected chi connectivity index (χ1v) is 8.33. The van der Waals surface area contributed by atoms with Crippen LogP contribution >= 0.6 is 0 Å². The molecule has 3 heterocycles. The van der Waals surface area contributed by atoms with Crippen molar-refractivity contribution in [2.75, 3.05) is 26.3 Å². The van der Waals surface area contributed by atoms with Crippen molar-refractivity contribution in [3.05, 3.63) is 42.4 Å². The molecule has 0 aliphatic carbocycles. The summed E-state index contributed by atoms with van der Waals surface area (Å²) in [7, 11) is 0. The van der Waals surface area contributed by atoms with Crippen LogP contribution in [0.1, 0.15) is 23.2 Å². The van der Waals surface area contributed by atoms with Gasteiger partial charge in [0.25, 0.3) is 5.91 Å². The van der Waals surface area contributed by atoms with Crippen LogP contribution < -0.4 is 0 Å². The average Bonchev–Trinajstić information content (AvgIpc) is 3.35. The second kappa shape index (κ2) is 6.75. The Kier molecular flexibility index (Phi) is 4.32. The first-order chi connectivity index (χ1) is 11.8. The van der Waals surface area contributed by atoms with Crippen molar-refractivity contribution >= 4 is 5.91 Å². The number of ether oxygens (including phenoxy) is 2. The van der Waals surface area contributed by atoms with E-state index in [9.17, 15) is 4.79 Å². The van der Waals surface area contributed by atoms with Gasteiger partial charge in [0.05, 0.1) is 19.4 Å². The summed E-state index contributed by atoms with van der Waals surface area (Å²) in [5.74, 6) is 1.02. The van der Waals surface area contributed by atoms with Crippen molar-refractivity contribution < 1.29 is 18.7 Å². The highest BCUT2D eigenvalue weighted by Crippen LogP contribution is 2.26. The molecule has 2 aliphatic rings. The molecule has 0 spiro atoms. The summed E-state index contributed by atoms with van der Waals surface area (Å²) in [5.41, 5.74) is 1.60. The third-order valence-corrected chi connectivity index (χ3v) is 4.63. The molecule has 1 aromatic heterocycles. The molecule has 0 N–H and O–H groups in total. The van der Waals surface area contributed by atoms with E-state index in [1.165, 1.54) is 6.39 Å². The predicted octanol–water partition coefficient (Wildman–Crippen LogP) is 2.57. The molecule has 2 fully saturated rings. The maximum atomic E-state index is 12.8. The third kappa shape index (κ3) is 3.07. The van der Waals surface area contributed by atoms with Crippen LogP contribution in [0.5, 0.6) is 0 Å². The first-order valence-electron chi connectivity index (χ1n) is 8.33. The van der Waals surface area contributed by atoms with Gasteiger partial charge in [-0.15, -0.1) is 0 Å². The van der Waals surface area contributed by atoms with E-state index in [0.717, 1.165) is 24.9 Å². The van der Waals surface area contributed by atoms with E-state index >= 15 is 0 Å². The zero-order valence-electron chi connectivity index (χ0n) is 13.4. The number of rotatable bonds is 3. The third-order valence-electron chi connectivity index (χ3n) is 4.63. The van der Waals surface area contributed by atoms with Crippen molar-refractivity contribution in [3.63, 3.8) is 0 Å². The summed E-state index contributed by atoms with van der Waals surface area (Å²) in [6.45, 7) is 2.77. The van der Waals surface area contributed by atoms with Crippen LogP contribution in [0.3, 0.4) is 0 Å². The van der Waals surface area contributed by atoms with Gasteiger partial charge in [0.15, 0.2) is 18.4 Å². The van der Waals surface area contributed by atoms with Crippen LogP contribution in [0.15, 0.2) is 41.3 Å². The number of piperidine rings is 1. The first kappa shape index (κ1) is 15.4. The van der Waals surface area contributed by atoms with Crippen LogP contribution in [0.4, 0.5) is 0 Å². The van der Waals surface area contributed by atoms with E-state index in [1.807, 2.05) is 29.2 Å². The lowest BCUT2D eigenvalue weighted by Crippen LogP contribution is -2.43. The molecule has 0 bridgehead atoms. The zero-order chi connectivity index (χ0) is 16.4. The summed E-state index contributed by atoms with van der Waals surface area (Å²) in [5, 5.41) is 0. The molecule has 2 aliphatic heterocycles. The fourth-order valence-electron chi connectivity index (χ4n) is 3.38. The molecule has 1 atom stereocenters. The van der Waals surface area contributed by atoms with Gasteiger partial charge in [-0.3, -0.25) is 4.79 Å². The van der Waals surface area contributed by atoms with Gasteiger partial charge < -0.3 is 18.8 Å². The second-order valence-corrected chi connectivity index (χ2v) is 6.21. The summed E-state index contributed by atoms with van der Waals surface area (Å²) in [6.07, 6.45) is 4.92. The number of nitrogens with zero attached hydrogens (tertiary/aromatic N) is 2. The lowest BCUT2D eigenvalue weighted by atomic mass is 9.96. The number of hydrogen-bond acceptors (Lipinski definition) is 5. The monoisotopic (exact) mass is 328 g/mol. The summed E-state index contributed by atoms with van der Waals surface area (Å²) >= 11 is 0. The molecular formula is C18H20N2O4. The quantitative estimate of drug-likeness (QED) is 0.866. The lowest BCUT2D eigenvalue weighted by molar-refractivity contribution is -0.0969. The number of oxazole rings is 1. The minimum atomic E-state index is -0.158. The fraction of sp³-hybridized carbons (Fsp3) is 0.444. The van der Waals surface area contributed by atoms with Crippen LogP contribution in [-0.4, -0.2) is 48.4 Å². The largest absolute Gasteiger partial charge is 0.444 e. The number of benzene rings is 1. The molecule has 1 unspecified atom stereocenters. The fourth-order valence-corrected chi connectivity index (χ4v) is 3.38. The number of likely N-dealkylation sites (tertiary alicyclic amines) is 1. The number of hydrogen-bond donors (Lipinski definition) is 0. The van der Waals surface area contributed by atoms with Crippen molar-refractivity contribution in [3.8, 4) is 11.3 Å². The minimum absolute atomic E-state index is 0.0572. The van der Waals surface area contributed by atoms with Crippen LogP contribution in [0.25, 0.3) is 11.3 Å². The summed E-state index contributed by atoms with van der Waals surface area (Å²) < 4.78 is 16.5. The highest BCUT2D eigenvalue weighted by molar-refractivity contribution is 5.94. The number of amides is 1. The molecule has 1 amide bonds. The van der Waals surface area contributed by atoms with Gasteiger partial charge in [0.1, 0.15) is 0 Å². The zero-order valence-corrected chi connectivity index (χ0v) is 13.4. The number of carbonyl (C=O) groups excluding carboxylic acids is 1. The molecule has 2 aromatic rings. The van der Waals surface area contributed by atoms with Gasteiger partial charge in [0, 0.05) is 30.1 Å². The Morgan fingerprint density at radius 1 is 1.17 bits per heavy atom. The molecule has 6 heteroatoms. The summed E-state index contributed by atoms with van der Waals surface area (Å²) in [6, 6.07) is 7.45. The highest BCUT2D eigenvalue weighted by atomic mass is 16.7. The summed E-state index contributed by atoms with van der Waals surface area (Å²) in [4.78, 5) is 18.6. The molecule has 0 saturated carbocycles. The van der Waals surface area contributed by atoms with E-state index in [4.69, 9.17) is 13.9 Å². The molecule has 4 rings (SSSR count). The highest BCUT2D eigenvalue weighted by Gasteiger charge is 2.33. The van der Waals surface area contributed by atoms with Gasteiger partial charge in [-0.25, -0.2) is 4.98 Å². The van der Waals surface area contributed by atoms with E-state index < -0.39 is 0 Å². The van der Waals surface area contributed by atoms with Crippen molar-refractivity contribution in [1.82, 2.24) is 9.88 Å². The number of aromatic nitrogens is 1. The molecule has 0 radical (unpaired) electrons. The van der Waals surface area contributed by atoms with Gasteiger partial charge in [-0.1, -0.05) is 12.1 Å². The van der Waals surface area contributed by atoms with Crippen molar-refractivity contribution in [2.24, 2.45) is 5.92 Å². The van der Waals surface area contributed by atoms with Crippen LogP contribution in [0.2, 0.25) is 0 Å². The van der Waals surface area contributed by atoms with Gasteiger partial charge in [-0.2, -0.15) is 0 Å². The Bertz CT molecular complexity index is 678. The predicted molar refractivity (Wildman–Crippen MR) is 86.3 cm³/mol. The van der Waals surface area contributed by atoms with E-state index in [2.05, 4.69) is 4.98 Å². The standard InChI is InChI=1S/C18H20N2O4/c21-17(14-5-3-13(4-6-14)16-10-19-12-24-16)20-7-1-2-15(11-20)18-22-8-9-23-18/h3-6,10,12,15,18H,1-2,7-9,11H2. The Morgan fingerprint density at radius 2 is 1.96 bits per heavy atom. The molecule has 1 aromatic carbocycles. The molecule has 6 nitrogen and oxygen atoms in total. The Morgan fingerprint density at radius 3 is 2.67 bits per heavy atom. The minimum Gasteiger partial charge on any atom is -0.444 e. The van der Waals surface area contributed by atoms with Gasteiger partial charge in [0.2, 0.25) is 0 Å². The van der Waals surface area contributed by atoms with Crippen LogP contribution in [-0.2, 0) is 9.47 Å². The van der Waals surface area contributed by atoms with E-state index in [0.29, 0.717) is 31.1 Å². The van der Waals surface area contributed by atoms with Crippen molar-refractivity contribution in [1.29, 1.82) is 0 Å². The maximum Gasteiger partial charge on any atom is 0.253 e. The Balaban J connectivity index is 1.44. The van der Waals surface area contributed by atoms with E-state index in [-0.39, 0.29) is 18.1 Å². The van der Waals surface area contributed by atoms with Gasteiger partial charge >= 0.3 is 0 Å². The van der Waals surface area contributed by atoms with Crippen molar-refractivity contribution in [2.45, 2.75) is 19.1 Å². The normalized spacial score (nSPS) is 22.0. The maximum absolute atomic E-state index is 12.8. The average molecular weight is 328 g/mol. The lowest BCUT2D eigenvalue weighted by Gasteiger charge is -2.34. The topological polar surface area (TPSA) is 64.8 Å². The van der Waals surface area contributed by atoms with Gasteiger partial charge in [-0.05, 0) is 25.0 Å². The smallest absolute Gasteiger partial charge is 0.253 e. The molecule has 126 valence electrons. The second-order valence-electron chi connectivity index (χ2n) is 6.21. The Hall–Kier alpha value is -2.18. The van der Waals surface area contributed by atoms with Crippen LogP contribution in [0, 0.1) is 5.92 Å². The number of carbonyl (C=O) groups is 1. The molecule has 2 saturated heterocycles. The molecule has 24 heavy (non-hydrogen) atoms.